The fourth-order valence-corrected chi connectivity index (χ4v) is 3.62. The molecule has 0 saturated heterocycles. The van der Waals surface area contributed by atoms with Gasteiger partial charge < -0.3 is 10.1 Å². The van der Waals surface area contributed by atoms with Gasteiger partial charge in [-0.2, -0.15) is 0 Å². The number of benzene rings is 2. The third-order valence-electron chi connectivity index (χ3n) is 4.22. The number of Topliss-reactive ketones (excluding diaryl/α,β-unsaturated/α-hetero) is 1. The molecule has 3 aromatic rings. The van der Waals surface area contributed by atoms with Crippen molar-refractivity contribution in [1.29, 1.82) is 0 Å². The van der Waals surface area contributed by atoms with Gasteiger partial charge in [-0.25, -0.2) is 4.98 Å². The van der Waals surface area contributed by atoms with E-state index < -0.39 is 0 Å². The Hall–Kier alpha value is -2.99. The van der Waals surface area contributed by atoms with E-state index in [1.165, 1.54) is 23.8 Å². The number of rotatable bonds is 4. The van der Waals surface area contributed by atoms with Crippen LogP contribution in [0.4, 0.5) is 5.69 Å². The molecule has 0 saturated carbocycles. The Labute approximate surface area is 154 Å². The van der Waals surface area contributed by atoms with Gasteiger partial charge in [0.1, 0.15) is 15.6 Å². The minimum Gasteiger partial charge on any atom is -0.493 e. The molecular weight excluding hydrogens is 348 g/mol. The van der Waals surface area contributed by atoms with Crippen LogP contribution in [0.3, 0.4) is 0 Å². The lowest BCUT2D eigenvalue weighted by Crippen LogP contribution is -2.10. The molecule has 1 N–H and O–H groups in total. The van der Waals surface area contributed by atoms with Gasteiger partial charge in [0.25, 0.3) is 5.91 Å². The number of ketones is 1. The van der Waals surface area contributed by atoms with Crippen molar-refractivity contribution in [2.24, 2.45) is 0 Å². The summed E-state index contributed by atoms with van der Waals surface area (Å²) in [7, 11) is 0. The summed E-state index contributed by atoms with van der Waals surface area (Å²) in [4.78, 5) is 28.7. The van der Waals surface area contributed by atoms with Gasteiger partial charge >= 0.3 is 0 Å². The Morgan fingerprint density at radius 3 is 2.73 bits per heavy atom. The standard InChI is InChI=1S/C20H16N2O3S/c1-12(23)13-2-5-16(6-3-13)22-19(24)18-11-21-20(26-18)15-4-7-17-14(10-15)8-9-25-17/h2-7,10-11H,8-9H2,1H3,(H,22,24). The Bertz CT molecular complexity index is 993. The molecule has 26 heavy (non-hydrogen) atoms. The molecule has 1 aromatic heterocycles. The number of carbonyl (C=O) groups is 2. The summed E-state index contributed by atoms with van der Waals surface area (Å²) < 4.78 is 5.52. The number of nitrogens with one attached hydrogen (secondary N) is 1. The first-order chi connectivity index (χ1) is 12.6. The van der Waals surface area contributed by atoms with Crippen molar-refractivity contribution in [3.05, 3.63) is 64.7 Å². The fourth-order valence-electron chi connectivity index (χ4n) is 2.81. The van der Waals surface area contributed by atoms with Crippen LogP contribution >= 0.6 is 11.3 Å². The fraction of sp³-hybridized carbons (Fsp3) is 0.150. The van der Waals surface area contributed by atoms with Gasteiger partial charge in [-0.3, -0.25) is 9.59 Å². The van der Waals surface area contributed by atoms with Crippen LogP contribution in [0, 0.1) is 0 Å². The highest BCUT2D eigenvalue weighted by molar-refractivity contribution is 7.17. The minimum absolute atomic E-state index is 0.00489. The predicted octanol–water partition coefficient (Wildman–Crippen LogP) is 4.20. The van der Waals surface area contributed by atoms with E-state index in [1.807, 2.05) is 12.1 Å². The molecule has 1 aliphatic rings. The SMILES string of the molecule is CC(=O)c1ccc(NC(=O)c2cnc(-c3ccc4c(c3)CCO4)s2)cc1. The lowest BCUT2D eigenvalue weighted by Gasteiger charge is -2.04. The van der Waals surface area contributed by atoms with E-state index in [1.54, 1.807) is 30.5 Å². The first kappa shape index (κ1) is 16.5. The summed E-state index contributed by atoms with van der Waals surface area (Å²) in [6.07, 6.45) is 2.49. The quantitative estimate of drug-likeness (QED) is 0.705. The third kappa shape index (κ3) is 3.23. The van der Waals surface area contributed by atoms with E-state index in [0.717, 1.165) is 22.7 Å². The summed E-state index contributed by atoms with van der Waals surface area (Å²) in [5.41, 5.74) is 3.42. The molecule has 1 aliphatic heterocycles. The van der Waals surface area contributed by atoms with E-state index in [2.05, 4.69) is 16.4 Å². The van der Waals surface area contributed by atoms with Crippen LogP contribution < -0.4 is 10.1 Å². The maximum absolute atomic E-state index is 12.4. The topological polar surface area (TPSA) is 68.3 Å². The molecule has 130 valence electrons. The molecule has 0 spiro atoms. The van der Waals surface area contributed by atoms with Gasteiger partial charge in [0.2, 0.25) is 0 Å². The molecule has 0 aliphatic carbocycles. The number of amides is 1. The lowest BCUT2D eigenvalue weighted by molar-refractivity contribution is 0.101. The Balaban J connectivity index is 1.50. The molecule has 6 heteroatoms. The molecule has 0 atom stereocenters. The van der Waals surface area contributed by atoms with Crippen LogP contribution in [0.15, 0.2) is 48.7 Å². The molecule has 0 radical (unpaired) electrons. The second-order valence-electron chi connectivity index (χ2n) is 6.04. The summed E-state index contributed by atoms with van der Waals surface area (Å²) in [6, 6.07) is 12.8. The van der Waals surface area contributed by atoms with Crippen molar-refractivity contribution in [1.82, 2.24) is 4.98 Å². The second kappa shape index (κ2) is 6.72. The zero-order valence-electron chi connectivity index (χ0n) is 14.1. The molecule has 2 aromatic carbocycles. The predicted molar refractivity (Wildman–Crippen MR) is 101 cm³/mol. The van der Waals surface area contributed by atoms with Crippen LogP contribution in [-0.4, -0.2) is 23.3 Å². The van der Waals surface area contributed by atoms with Crippen molar-refractivity contribution in [2.45, 2.75) is 13.3 Å². The summed E-state index contributed by atoms with van der Waals surface area (Å²) in [6.45, 7) is 2.23. The first-order valence-corrected chi connectivity index (χ1v) is 9.06. The van der Waals surface area contributed by atoms with Crippen LogP contribution in [0.25, 0.3) is 10.6 Å². The van der Waals surface area contributed by atoms with Crippen molar-refractivity contribution in [3.63, 3.8) is 0 Å². The zero-order valence-corrected chi connectivity index (χ0v) is 14.9. The lowest BCUT2D eigenvalue weighted by atomic mass is 10.1. The zero-order chi connectivity index (χ0) is 18.1. The average Bonchev–Trinajstić information content (AvgIpc) is 3.31. The largest absolute Gasteiger partial charge is 0.493 e. The van der Waals surface area contributed by atoms with E-state index in [4.69, 9.17) is 4.74 Å². The number of hydrogen-bond acceptors (Lipinski definition) is 5. The van der Waals surface area contributed by atoms with Crippen LogP contribution in [0.1, 0.15) is 32.5 Å². The number of aromatic nitrogens is 1. The van der Waals surface area contributed by atoms with Gasteiger partial charge in [0.15, 0.2) is 5.78 Å². The molecule has 0 unspecified atom stereocenters. The summed E-state index contributed by atoms with van der Waals surface area (Å²) >= 11 is 1.35. The number of fused-ring (bicyclic) bond motifs is 1. The summed E-state index contributed by atoms with van der Waals surface area (Å²) in [5, 5.41) is 3.63. The molecular formula is C20H16N2O3S. The maximum atomic E-state index is 12.4. The minimum atomic E-state index is -0.214. The van der Waals surface area contributed by atoms with Gasteiger partial charge in [0, 0.05) is 23.2 Å². The van der Waals surface area contributed by atoms with Crippen molar-refractivity contribution >= 4 is 28.7 Å². The van der Waals surface area contributed by atoms with E-state index in [9.17, 15) is 9.59 Å². The molecule has 2 heterocycles. The molecule has 1 amide bonds. The van der Waals surface area contributed by atoms with Gasteiger partial charge in [-0.1, -0.05) is 0 Å². The van der Waals surface area contributed by atoms with Gasteiger partial charge in [-0.15, -0.1) is 11.3 Å². The van der Waals surface area contributed by atoms with Crippen molar-refractivity contribution < 1.29 is 14.3 Å². The van der Waals surface area contributed by atoms with Crippen LogP contribution in [-0.2, 0) is 6.42 Å². The number of ether oxygens (including phenoxy) is 1. The van der Waals surface area contributed by atoms with E-state index in [-0.39, 0.29) is 11.7 Å². The first-order valence-electron chi connectivity index (χ1n) is 8.24. The summed E-state index contributed by atoms with van der Waals surface area (Å²) in [5.74, 6) is 0.709. The highest BCUT2D eigenvalue weighted by Crippen LogP contribution is 2.32. The number of thiazole rings is 1. The Morgan fingerprint density at radius 1 is 1.15 bits per heavy atom. The molecule has 5 nitrogen and oxygen atoms in total. The molecule has 0 bridgehead atoms. The normalized spacial score (nSPS) is 12.3. The average molecular weight is 364 g/mol. The van der Waals surface area contributed by atoms with E-state index in [0.29, 0.717) is 22.7 Å². The van der Waals surface area contributed by atoms with Crippen LogP contribution in [0.5, 0.6) is 5.75 Å². The second-order valence-corrected chi connectivity index (χ2v) is 7.07. The monoisotopic (exact) mass is 364 g/mol. The number of carbonyl (C=O) groups excluding carboxylic acids is 2. The Kier molecular flexibility index (Phi) is 4.26. The van der Waals surface area contributed by atoms with Crippen molar-refractivity contribution in [2.75, 3.05) is 11.9 Å². The highest BCUT2D eigenvalue weighted by atomic mass is 32.1. The number of hydrogen-bond donors (Lipinski definition) is 1. The molecule has 4 rings (SSSR count). The van der Waals surface area contributed by atoms with E-state index >= 15 is 0 Å². The maximum Gasteiger partial charge on any atom is 0.267 e. The van der Waals surface area contributed by atoms with Gasteiger partial charge in [-0.05, 0) is 55.0 Å². The highest BCUT2D eigenvalue weighted by Gasteiger charge is 2.16. The van der Waals surface area contributed by atoms with Gasteiger partial charge in [0.05, 0.1) is 12.8 Å². The molecule has 0 fully saturated rings. The third-order valence-corrected chi connectivity index (χ3v) is 5.26. The number of anilines is 1. The van der Waals surface area contributed by atoms with Crippen LogP contribution in [0.2, 0.25) is 0 Å². The smallest absolute Gasteiger partial charge is 0.267 e. The number of nitrogens with zero attached hydrogens (tertiary/aromatic N) is 1. The Morgan fingerprint density at radius 2 is 1.96 bits per heavy atom. The van der Waals surface area contributed by atoms with Crippen molar-refractivity contribution in [3.8, 4) is 16.3 Å².